The molecule has 6 nitrogen and oxygen atoms in total. The van der Waals surface area contributed by atoms with E-state index in [-0.39, 0.29) is 41.8 Å². The highest BCUT2D eigenvalue weighted by atomic mass is 16.6. The summed E-state index contributed by atoms with van der Waals surface area (Å²) in [5.74, 6) is 0.355. The van der Waals surface area contributed by atoms with Gasteiger partial charge in [0.1, 0.15) is 5.60 Å². The van der Waals surface area contributed by atoms with Gasteiger partial charge in [0.05, 0.1) is 24.3 Å². The third kappa shape index (κ3) is 3.08. The average molecular weight is 326 g/mol. The molecule has 0 aromatic carbocycles. The minimum atomic E-state index is -0.498. The van der Waals surface area contributed by atoms with E-state index < -0.39 is 5.60 Å². The van der Waals surface area contributed by atoms with E-state index in [0.717, 1.165) is 19.4 Å². The van der Waals surface area contributed by atoms with Crippen LogP contribution < -0.4 is 10.6 Å². The molecular formula is C17H30N2O4. The molecule has 6 unspecified atom stereocenters. The number of ether oxygens (including phenoxy) is 2. The number of aliphatic hydroxyl groups is 1. The lowest BCUT2D eigenvalue weighted by atomic mass is 9.62. The number of nitrogens with one attached hydrogen (secondary N) is 2. The van der Waals surface area contributed by atoms with E-state index in [4.69, 9.17) is 9.47 Å². The van der Waals surface area contributed by atoms with Crippen LogP contribution in [0.4, 0.5) is 4.79 Å². The fourth-order valence-corrected chi connectivity index (χ4v) is 3.96. The van der Waals surface area contributed by atoms with Crippen LogP contribution in [-0.2, 0) is 9.47 Å². The lowest BCUT2D eigenvalue weighted by Gasteiger charge is -2.56. The van der Waals surface area contributed by atoms with Crippen LogP contribution >= 0.6 is 0 Å². The van der Waals surface area contributed by atoms with Crippen LogP contribution in [0.1, 0.15) is 47.5 Å². The Kier molecular flexibility index (Phi) is 4.14. The summed E-state index contributed by atoms with van der Waals surface area (Å²) in [6.07, 6.45) is 1.24. The molecule has 2 saturated carbocycles. The maximum absolute atomic E-state index is 12.1. The Bertz CT molecular complexity index is 474. The van der Waals surface area contributed by atoms with Gasteiger partial charge in [-0.05, 0) is 33.6 Å². The molecule has 0 spiro atoms. The van der Waals surface area contributed by atoms with E-state index >= 15 is 0 Å². The summed E-state index contributed by atoms with van der Waals surface area (Å²) in [7, 11) is 0. The van der Waals surface area contributed by atoms with Gasteiger partial charge in [-0.2, -0.15) is 0 Å². The van der Waals surface area contributed by atoms with Crippen molar-refractivity contribution >= 4 is 6.09 Å². The van der Waals surface area contributed by atoms with Crippen LogP contribution in [0.25, 0.3) is 0 Å². The highest BCUT2D eigenvalue weighted by molar-refractivity contribution is 5.68. The molecule has 3 N–H and O–H groups in total. The molecule has 3 fully saturated rings. The normalized spacial score (nSPS) is 41.5. The van der Waals surface area contributed by atoms with Gasteiger partial charge in [-0.3, -0.25) is 0 Å². The van der Waals surface area contributed by atoms with Crippen LogP contribution in [0.3, 0.4) is 0 Å². The van der Waals surface area contributed by atoms with E-state index in [1.54, 1.807) is 0 Å². The molecule has 3 aliphatic rings. The molecule has 6 atom stereocenters. The standard InChI is InChI=1S/C17H30N2O4/c1-16(2,3)23-15(21)19-12-9-6-7-22-14(9)13(12)18-10-8-11(20)17(10,4)5/h9-14,18,20H,6-8H2,1-5H3,(H,19,21). The Hall–Kier alpha value is -0.850. The molecule has 0 aromatic rings. The predicted octanol–water partition coefficient (Wildman–Crippen LogP) is 1.42. The van der Waals surface area contributed by atoms with Crippen molar-refractivity contribution < 1.29 is 19.4 Å². The number of fused-ring (bicyclic) bond motifs is 1. The van der Waals surface area contributed by atoms with Crippen molar-refractivity contribution in [1.29, 1.82) is 0 Å². The van der Waals surface area contributed by atoms with Crippen LogP contribution in [0.15, 0.2) is 0 Å². The second-order valence-electron chi connectivity index (χ2n) is 8.78. The zero-order valence-electron chi connectivity index (χ0n) is 14.8. The Labute approximate surface area is 138 Å². The number of hydrogen-bond acceptors (Lipinski definition) is 5. The molecular weight excluding hydrogens is 296 g/mol. The maximum Gasteiger partial charge on any atom is 0.407 e. The van der Waals surface area contributed by atoms with Crippen molar-refractivity contribution in [2.75, 3.05) is 6.61 Å². The Morgan fingerprint density at radius 2 is 2.00 bits per heavy atom. The molecule has 1 amide bonds. The van der Waals surface area contributed by atoms with E-state index in [1.807, 2.05) is 20.8 Å². The third-order valence-electron chi connectivity index (χ3n) is 5.68. The summed E-state index contributed by atoms with van der Waals surface area (Å²) >= 11 is 0. The Balaban J connectivity index is 1.61. The second kappa shape index (κ2) is 5.60. The second-order valence-corrected chi connectivity index (χ2v) is 8.78. The summed E-state index contributed by atoms with van der Waals surface area (Å²) < 4.78 is 11.2. The van der Waals surface area contributed by atoms with Crippen molar-refractivity contribution in [2.45, 2.75) is 83.4 Å². The van der Waals surface area contributed by atoms with Gasteiger partial charge in [0, 0.05) is 24.0 Å². The first-order chi connectivity index (χ1) is 10.6. The van der Waals surface area contributed by atoms with Crippen LogP contribution in [0.2, 0.25) is 0 Å². The van der Waals surface area contributed by atoms with Gasteiger partial charge in [-0.15, -0.1) is 0 Å². The number of alkyl carbamates (subject to hydrolysis) is 1. The van der Waals surface area contributed by atoms with Gasteiger partial charge in [0.25, 0.3) is 0 Å². The van der Waals surface area contributed by atoms with E-state index in [2.05, 4.69) is 24.5 Å². The predicted molar refractivity (Wildman–Crippen MR) is 86.1 cm³/mol. The first-order valence-corrected chi connectivity index (χ1v) is 8.65. The summed E-state index contributed by atoms with van der Waals surface area (Å²) in [6, 6.07) is 0.369. The Morgan fingerprint density at radius 3 is 2.57 bits per heavy atom. The lowest BCUT2D eigenvalue weighted by molar-refractivity contribution is -0.103. The summed E-state index contributed by atoms with van der Waals surface area (Å²) in [5, 5.41) is 16.5. The number of hydrogen-bond donors (Lipinski definition) is 3. The first kappa shape index (κ1) is 17.0. The molecule has 1 saturated heterocycles. The SMILES string of the molecule is CC(C)(C)OC(=O)NC1C2CCOC2C1NC1CC(O)C1(C)C. The van der Waals surface area contributed by atoms with Gasteiger partial charge in [-0.1, -0.05) is 13.8 Å². The quantitative estimate of drug-likeness (QED) is 0.731. The summed E-state index contributed by atoms with van der Waals surface area (Å²) in [5.41, 5.74) is -0.636. The van der Waals surface area contributed by atoms with Crippen LogP contribution in [0.5, 0.6) is 0 Å². The number of rotatable bonds is 3. The van der Waals surface area contributed by atoms with Gasteiger partial charge < -0.3 is 25.2 Å². The zero-order chi connectivity index (χ0) is 17.0. The zero-order valence-corrected chi connectivity index (χ0v) is 14.8. The van der Waals surface area contributed by atoms with Crippen molar-refractivity contribution in [3.63, 3.8) is 0 Å². The minimum absolute atomic E-state index is 0.0332. The number of carbonyl (C=O) groups is 1. The topological polar surface area (TPSA) is 79.8 Å². The monoisotopic (exact) mass is 326 g/mol. The molecule has 3 rings (SSSR count). The summed E-state index contributed by atoms with van der Waals surface area (Å²) in [6.45, 7) is 10.5. The fourth-order valence-electron chi connectivity index (χ4n) is 3.96. The Morgan fingerprint density at radius 1 is 1.30 bits per heavy atom. The first-order valence-electron chi connectivity index (χ1n) is 8.65. The van der Waals surface area contributed by atoms with Crippen LogP contribution in [-0.4, -0.2) is 53.7 Å². The number of carbonyl (C=O) groups excluding carboxylic acids is 1. The third-order valence-corrected chi connectivity index (χ3v) is 5.68. The van der Waals surface area contributed by atoms with Crippen molar-refractivity contribution in [3.05, 3.63) is 0 Å². The van der Waals surface area contributed by atoms with Crippen molar-refractivity contribution in [1.82, 2.24) is 10.6 Å². The maximum atomic E-state index is 12.1. The fraction of sp³-hybridized carbons (Fsp3) is 0.941. The highest BCUT2D eigenvalue weighted by Gasteiger charge is 2.58. The van der Waals surface area contributed by atoms with Gasteiger partial charge in [-0.25, -0.2) is 4.79 Å². The molecule has 0 radical (unpaired) electrons. The average Bonchev–Trinajstić information content (AvgIpc) is 2.83. The molecule has 1 heterocycles. The molecule has 0 aromatic heterocycles. The van der Waals surface area contributed by atoms with Gasteiger partial charge in [0.2, 0.25) is 0 Å². The molecule has 23 heavy (non-hydrogen) atoms. The van der Waals surface area contributed by atoms with Gasteiger partial charge in [0.15, 0.2) is 0 Å². The highest BCUT2D eigenvalue weighted by Crippen LogP contribution is 2.44. The van der Waals surface area contributed by atoms with Crippen molar-refractivity contribution in [2.24, 2.45) is 11.3 Å². The lowest BCUT2D eigenvalue weighted by Crippen LogP contribution is -2.75. The molecule has 1 aliphatic heterocycles. The molecule has 6 heteroatoms. The largest absolute Gasteiger partial charge is 0.444 e. The molecule has 0 bridgehead atoms. The number of amides is 1. The molecule has 2 aliphatic carbocycles. The minimum Gasteiger partial charge on any atom is -0.444 e. The smallest absolute Gasteiger partial charge is 0.407 e. The van der Waals surface area contributed by atoms with E-state index in [1.165, 1.54) is 0 Å². The molecule has 132 valence electrons. The van der Waals surface area contributed by atoms with E-state index in [0.29, 0.717) is 5.92 Å². The van der Waals surface area contributed by atoms with Crippen molar-refractivity contribution in [3.8, 4) is 0 Å². The number of aliphatic hydroxyl groups excluding tert-OH is 1. The summed E-state index contributed by atoms with van der Waals surface area (Å²) in [4.78, 5) is 12.1. The van der Waals surface area contributed by atoms with Crippen LogP contribution in [0, 0.1) is 11.3 Å². The van der Waals surface area contributed by atoms with E-state index in [9.17, 15) is 9.90 Å². The van der Waals surface area contributed by atoms with Gasteiger partial charge >= 0.3 is 6.09 Å².